The van der Waals surface area contributed by atoms with Gasteiger partial charge in [0, 0.05) is 37.9 Å². The van der Waals surface area contributed by atoms with Gasteiger partial charge in [0.2, 0.25) is 0 Å². The second-order valence-electron chi connectivity index (χ2n) is 8.67. The first-order valence-corrected chi connectivity index (χ1v) is 12.7. The molecule has 34 heavy (non-hydrogen) atoms. The normalized spacial score (nSPS) is 21.6. The third-order valence-electron chi connectivity index (χ3n) is 6.82. The van der Waals surface area contributed by atoms with E-state index in [1.54, 1.807) is 12.4 Å². The number of likely N-dealkylation sites (tertiary alicyclic amines) is 2. The summed E-state index contributed by atoms with van der Waals surface area (Å²) < 4.78 is 5.64. The first-order chi connectivity index (χ1) is 16.0. The molecule has 0 bridgehead atoms. The van der Waals surface area contributed by atoms with Gasteiger partial charge >= 0.3 is 0 Å². The minimum Gasteiger partial charge on any atom is -0.382 e. The third-order valence-corrected chi connectivity index (χ3v) is 7.93. The highest BCUT2D eigenvalue weighted by molar-refractivity contribution is 9.10. The van der Waals surface area contributed by atoms with E-state index in [1.807, 2.05) is 12.4 Å². The van der Waals surface area contributed by atoms with Crippen LogP contribution in [-0.2, 0) is 0 Å². The molecule has 2 aliphatic heterocycles. The Morgan fingerprint density at radius 2 is 1.24 bits per heavy atom. The molecule has 4 aromatic rings. The fraction of sp³-hybridized carbons (Fsp3) is 0.429. The minimum atomic E-state index is 0. The molecule has 0 radical (unpaired) electrons. The lowest BCUT2D eigenvalue weighted by molar-refractivity contribution is 0.104. The van der Waals surface area contributed by atoms with Gasteiger partial charge in [0.15, 0.2) is 11.6 Å². The van der Waals surface area contributed by atoms with Crippen molar-refractivity contribution in [1.29, 1.82) is 0 Å². The van der Waals surface area contributed by atoms with Crippen LogP contribution in [0.4, 0.5) is 11.6 Å². The lowest BCUT2D eigenvalue weighted by Crippen LogP contribution is -2.38. The van der Waals surface area contributed by atoms with Crippen molar-refractivity contribution in [3.05, 3.63) is 45.6 Å². The molecule has 6 rings (SSSR count). The van der Waals surface area contributed by atoms with Gasteiger partial charge in [-0.05, 0) is 57.5 Å². The van der Waals surface area contributed by atoms with Crippen molar-refractivity contribution < 1.29 is 0 Å². The molecule has 10 nitrogen and oxygen atoms in total. The summed E-state index contributed by atoms with van der Waals surface area (Å²) >= 11 is 7.17. The minimum absolute atomic E-state index is 0. The smallest absolute Gasteiger partial charge is 0.150 e. The number of rotatable bonds is 4. The lowest BCUT2D eigenvalue weighted by atomic mass is 10.2. The first-order valence-electron chi connectivity index (χ1n) is 11.1. The second-order valence-corrected chi connectivity index (χ2v) is 10.2. The van der Waals surface area contributed by atoms with Crippen molar-refractivity contribution in [2.75, 3.05) is 31.2 Å². The molecule has 0 aromatic carbocycles. The van der Waals surface area contributed by atoms with Crippen LogP contribution in [0.3, 0.4) is 0 Å². The zero-order chi connectivity index (χ0) is 22.7. The number of nitrogens with two attached hydrogens (primary N) is 2. The molecule has 180 valence electrons. The first kappa shape index (κ1) is 23.8. The van der Waals surface area contributed by atoms with Crippen LogP contribution in [-0.4, -0.2) is 58.3 Å². The number of hydrogen-bond donors (Lipinski definition) is 2. The molecule has 2 atom stereocenters. The molecular weight excluding hydrogens is 584 g/mol. The number of anilines is 2. The monoisotopic (exact) mass is 608 g/mol. The van der Waals surface area contributed by atoms with Gasteiger partial charge in [-0.25, -0.2) is 19.9 Å². The van der Waals surface area contributed by atoms with E-state index in [1.165, 1.54) is 0 Å². The van der Waals surface area contributed by atoms with Crippen LogP contribution in [0, 0.1) is 0 Å². The third kappa shape index (κ3) is 3.77. The van der Waals surface area contributed by atoms with Crippen molar-refractivity contribution in [2.45, 2.75) is 37.8 Å². The molecule has 13 heteroatoms. The van der Waals surface area contributed by atoms with E-state index < -0.39 is 0 Å². The molecule has 0 amide bonds. The van der Waals surface area contributed by atoms with E-state index in [4.69, 9.17) is 21.4 Å². The van der Waals surface area contributed by atoms with Crippen LogP contribution in [0.25, 0.3) is 11.0 Å². The Balaban J connectivity index is 0.00000241. The van der Waals surface area contributed by atoms with Crippen LogP contribution in [0.5, 0.6) is 0 Å². The Bertz CT molecular complexity index is 1250. The quantitative estimate of drug-likeness (QED) is 0.361. The highest BCUT2D eigenvalue weighted by Gasteiger charge is 2.36. The zero-order valence-corrected chi connectivity index (χ0v) is 22.6. The van der Waals surface area contributed by atoms with Gasteiger partial charge in [-0.15, -0.1) is 0 Å². The molecular formula is C21H26Br2N10S. The fourth-order valence-corrected chi connectivity index (χ4v) is 6.52. The number of imidazole rings is 2. The van der Waals surface area contributed by atoms with Gasteiger partial charge in [0.05, 0.1) is 18.8 Å². The summed E-state index contributed by atoms with van der Waals surface area (Å²) in [7, 11) is 0. The zero-order valence-electron chi connectivity index (χ0n) is 18.4. The number of hydrogen-bond acceptors (Lipinski definition) is 8. The highest BCUT2D eigenvalue weighted by Crippen LogP contribution is 2.38. The van der Waals surface area contributed by atoms with Crippen molar-refractivity contribution in [2.24, 2.45) is 0 Å². The van der Waals surface area contributed by atoms with Gasteiger partial charge in [0.1, 0.15) is 31.9 Å². The highest BCUT2D eigenvalue weighted by atomic mass is 79.9. The number of nitrogen functional groups attached to an aromatic ring is 2. The molecule has 0 aliphatic carbocycles. The van der Waals surface area contributed by atoms with Crippen molar-refractivity contribution in [3.8, 4) is 0 Å². The molecule has 4 N–H and O–H groups in total. The standard InChI is InChI=1S/C21H24Br2N10.H2S/c22-16-14-18(24)26-5-9-32(14)20(28-16)12-3-1-7-30(12)11-31-8-2-4-13(31)21-29-17(23)15-19(25)27-6-10-33(15)21;/h5-6,9-10,12-13H,1-4,7-8,11H2,(H2,24,26)(H2,25,27);1H2/t12-,13-;/m0./s1. The summed E-state index contributed by atoms with van der Waals surface area (Å²) in [6.07, 6.45) is 11.8. The number of nitrogens with zero attached hydrogens (tertiary/aromatic N) is 8. The maximum Gasteiger partial charge on any atom is 0.150 e. The second kappa shape index (κ2) is 9.26. The summed E-state index contributed by atoms with van der Waals surface area (Å²) in [5, 5.41) is 0. The maximum atomic E-state index is 6.13. The molecule has 6 heterocycles. The topological polar surface area (TPSA) is 119 Å². The summed E-state index contributed by atoms with van der Waals surface area (Å²) in [5.41, 5.74) is 13.9. The van der Waals surface area contributed by atoms with E-state index >= 15 is 0 Å². The molecule has 2 aliphatic rings. The Labute approximate surface area is 220 Å². The average molecular weight is 610 g/mol. The molecule has 0 unspecified atom stereocenters. The van der Waals surface area contributed by atoms with Crippen LogP contribution in [0.15, 0.2) is 34.0 Å². The number of aromatic nitrogens is 6. The van der Waals surface area contributed by atoms with E-state index in [0.29, 0.717) is 11.6 Å². The number of fused-ring (bicyclic) bond motifs is 2. The van der Waals surface area contributed by atoms with Gasteiger partial charge in [-0.3, -0.25) is 18.6 Å². The van der Waals surface area contributed by atoms with Crippen LogP contribution >= 0.6 is 45.4 Å². The maximum absolute atomic E-state index is 6.13. The summed E-state index contributed by atoms with van der Waals surface area (Å²) in [6, 6.07) is 0.436. The van der Waals surface area contributed by atoms with Gasteiger partial charge < -0.3 is 11.5 Å². The average Bonchev–Trinajstić information content (AvgIpc) is 3.56. The van der Waals surface area contributed by atoms with Crippen molar-refractivity contribution in [1.82, 2.24) is 38.5 Å². The van der Waals surface area contributed by atoms with E-state index in [-0.39, 0.29) is 25.6 Å². The van der Waals surface area contributed by atoms with Gasteiger partial charge in [-0.1, -0.05) is 0 Å². The Kier molecular flexibility index (Phi) is 6.48. The molecule has 4 aromatic heterocycles. The van der Waals surface area contributed by atoms with Gasteiger partial charge in [-0.2, -0.15) is 13.5 Å². The lowest BCUT2D eigenvalue weighted by Gasteiger charge is -2.31. The number of halogens is 2. The van der Waals surface area contributed by atoms with Crippen molar-refractivity contribution in [3.63, 3.8) is 0 Å². The molecule has 0 saturated carbocycles. The molecule has 2 fully saturated rings. The Hall–Kier alpha value is -1.93. The van der Waals surface area contributed by atoms with Crippen molar-refractivity contribution >= 4 is 68.0 Å². The van der Waals surface area contributed by atoms with E-state index in [2.05, 4.69) is 60.4 Å². The van der Waals surface area contributed by atoms with Crippen LogP contribution < -0.4 is 11.5 Å². The Morgan fingerprint density at radius 3 is 1.68 bits per heavy atom. The summed E-state index contributed by atoms with van der Waals surface area (Å²) in [6.45, 7) is 2.92. The van der Waals surface area contributed by atoms with Gasteiger partial charge in [0.25, 0.3) is 0 Å². The molecule has 2 saturated heterocycles. The van der Waals surface area contributed by atoms with Crippen LogP contribution in [0.2, 0.25) is 0 Å². The molecule has 0 spiro atoms. The van der Waals surface area contributed by atoms with E-state index in [0.717, 1.165) is 77.3 Å². The fourth-order valence-electron chi connectivity index (χ4n) is 5.36. The predicted octanol–water partition coefficient (Wildman–Crippen LogP) is 3.51. The van der Waals surface area contributed by atoms with Crippen LogP contribution in [0.1, 0.15) is 49.4 Å². The SMILES string of the molecule is Nc1nccn2c([C@@H]3CCCN3CN3CCC[C@H]3c3nc(Br)c4c(N)nccn34)nc(Br)c12.S. The van der Waals surface area contributed by atoms with E-state index in [9.17, 15) is 0 Å². The summed E-state index contributed by atoms with van der Waals surface area (Å²) in [5.74, 6) is 2.98. The Morgan fingerprint density at radius 1 is 0.794 bits per heavy atom. The largest absolute Gasteiger partial charge is 0.382 e. The predicted molar refractivity (Wildman–Crippen MR) is 143 cm³/mol. The summed E-state index contributed by atoms with van der Waals surface area (Å²) in [4.78, 5) is 23.2.